The van der Waals surface area contributed by atoms with Crippen LogP contribution in [0.2, 0.25) is 0 Å². The number of nitrogens with one attached hydrogen (secondary N) is 1. The van der Waals surface area contributed by atoms with Gasteiger partial charge in [0.1, 0.15) is 5.82 Å². The summed E-state index contributed by atoms with van der Waals surface area (Å²) >= 11 is 0. The summed E-state index contributed by atoms with van der Waals surface area (Å²) in [5.74, 6) is 1.92. The fourth-order valence-electron chi connectivity index (χ4n) is 4.56. The van der Waals surface area contributed by atoms with Gasteiger partial charge in [0, 0.05) is 29.5 Å². The first-order valence-corrected chi connectivity index (χ1v) is 10.9. The number of fused-ring (bicyclic) bond motifs is 2. The zero-order valence-corrected chi connectivity index (χ0v) is 18.6. The third kappa shape index (κ3) is 3.52. The molecule has 31 heavy (non-hydrogen) atoms. The Balaban J connectivity index is 1.47. The molecule has 0 saturated carbocycles. The van der Waals surface area contributed by atoms with Crippen LogP contribution in [0.5, 0.6) is 0 Å². The summed E-state index contributed by atoms with van der Waals surface area (Å²) < 4.78 is 2.31. The third-order valence-electron chi connectivity index (χ3n) is 6.56. The van der Waals surface area contributed by atoms with Crippen molar-refractivity contribution in [2.45, 2.75) is 46.8 Å². The lowest BCUT2D eigenvalue weighted by atomic mass is 9.98. The maximum absolute atomic E-state index is 4.47. The molecule has 0 spiro atoms. The van der Waals surface area contributed by atoms with E-state index in [2.05, 4.69) is 94.1 Å². The molecule has 5 rings (SSSR count). The van der Waals surface area contributed by atoms with Crippen molar-refractivity contribution in [2.75, 3.05) is 16.8 Å². The Morgan fingerprint density at radius 2 is 1.90 bits per heavy atom. The second-order valence-electron chi connectivity index (χ2n) is 8.49. The molecule has 0 unspecified atom stereocenters. The predicted molar refractivity (Wildman–Crippen MR) is 126 cm³/mol. The molecular weight excluding hydrogens is 384 g/mol. The van der Waals surface area contributed by atoms with Crippen molar-refractivity contribution in [2.24, 2.45) is 0 Å². The smallest absolute Gasteiger partial charge is 0.157 e. The van der Waals surface area contributed by atoms with E-state index >= 15 is 0 Å². The molecule has 0 bridgehead atoms. The van der Waals surface area contributed by atoms with Gasteiger partial charge < -0.3 is 14.8 Å². The highest BCUT2D eigenvalue weighted by atomic mass is 15.2. The van der Waals surface area contributed by atoms with Crippen LogP contribution in [0.3, 0.4) is 0 Å². The molecule has 0 radical (unpaired) electrons. The van der Waals surface area contributed by atoms with Crippen LogP contribution >= 0.6 is 0 Å². The molecule has 1 aliphatic rings. The van der Waals surface area contributed by atoms with Crippen molar-refractivity contribution in [3.05, 3.63) is 77.0 Å². The second kappa shape index (κ2) is 7.69. The number of rotatable bonds is 4. The maximum atomic E-state index is 4.47. The summed E-state index contributed by atoms with van der Waals surface area (Å²) in [5.41, 5.74) is 6.37. The van der Waals surface area contributed by atoms with E-state index in [-0.39, 0.29) is 6.04 Å². The monoisotopic (exact) mass is 412 g/mol. The SMILES string of the molecule is Cc1cccc([C@@H](C)Nc2nncc3ccc(N4CCn5c(cnc5C)C4)cc23)c1C. The molecular formula is C25H28N6. The van der Waals surface area contributed by atoms with Crippen LogP contribution < -0.4 is 10.2 Å². The Hall–Kier alpha value is -3.41. The normalized spacial score (nSPS) is 14.5. The summed E-state index contributed by atoms with van der Waals surface area (Å²) in [7, 11) is 0. The maximum Gasteiger partial charge on any atom is 0.157 e. The van der Waals surface area contributed by atoms with Crippen LogP contribution in [0.1, 0.15) is 41.2 Å². The summed E-state index contributed by atoms with van der Waals surface area (Å²) in [4.78, 5) is 6.88. The summed E-state index contributed by atoms with van der Waals surface area (Å²) in [6.45, 7) is 11.4. The van der Waals surface area contributed by atoms with Crippen LogP contribution in [0.25, 0.3) is 10.8 Å². The molecule has 0 fully saturated rings. The molecule has 1 atom stereocenters. The van der Waals surface area contributed by atoms with Gasteiger partial charge in [-0.3, -0.25) is 0 Å². The van der Waals surface area contributed by atoms with Crippen LogP contribution in [0, 0.1) is 20.8 Å². The summed E-state index contributed by atoms with van der Waals surface area (Å²) in [5, 5.41) is 14.5. The second-order valence-corrected chi connectivity index (χ2v) is 8.49. The summed E-state index contributed by atoms with van der Waals surface area (Å²) in [6.07, 6.45) is 3.83. The first kappa shape index (κ1) is 19.5. The minimum absolute atomic E-state index is 0.135. The van der Waals surface area contributed by atoms with Gasteiger partial charge in [-0.15, -0.1) is 5.10 Å². The molecule has 1 aliphatic heterocycles. The minimum Gasteiger partial charge on any atom is -0.364 e. The number of benzene rings is 2. The van der Waals surface area contributed by atoms with E-state index < -0.39 is 0 Å². The van der Waals surface area contributed by atoms with Crippen molar-refractivity contribution >= 4 is 22.3 Å². The molecule has 158 valence electrons. The number of aryl methyl sites for hydroxylation is 2. The topological polar surface area (TPSA) is 58.9 Å². The van der Waals surface area contributed by atoms with E-state index in [0.29, 0.717) is 0 Å². The fourth-order valence-corrected chi connectivity index (χ4v) is 4.56. The summed E-state index contributed by atoms with van der Waals surface area (Å²) in [6, 6.07) is 13.2. The number of hydrogen-bond acceptors (Lipinski definition) is 5. The molecule has 0 aliphatic carbocycles. The van der Waals surface area contributed by atoms with Crippen LogP contribution in [0.4, 0.5) is 11.5 Å². The van der Waals surface area contributed by atoms with Gasteiger partial charge in [-0.25, -0.2) is 4.98 Å². The molecule has 6 nitrogen and oxygen atoms in total. The zero-order valence-electron chi connectivity index (χ0n) is 18.6. The quantitative estimate of drug-likeness (QED) is 0.514. The largest absolute Gasteiger partial charge is 0.364 e. The highest BCUT2D eigenvalue weighted by Gasteiger charge is 2.19. The van der Waals surface area contributed by atoms with Gasteiger partial charge >= 0.3 is 0 Å². The van der Waals surface area contributed by atoms with Crippen LogP contribution in [-0.2, 0) is 13.1 Å². The van der Waals surface area contributed by atoms with Crippen LogP contribution in [0.15, 0.2) is 48.8 Å². The van der Waals surface area contributed by atoms with E-state index in [1.807, 2.05) is 12.4 Å². The molecule has 0 saturated heterocycles. The van der Waals surface area contributed by atoms with Crippen molar-refractivity contribution < 1.29 is 0 Å². The van der Waals surface area contributed by atoms with Gasteiger partial charge in [0.05, 0.1) is 30.7 Å². The Bertz CT molecular complexity index is 1260. The van der Waals surface area contributed by atoms with Crippen LogP contribution in [-0.4, -0.2) is 26.3 Å². The van der Waals surface area contributed by atoms with Crippen molar-refractivity contribution in [1.29, 1.82) is 0 Å². The molecule has 3 heterocycles. The molecule has 2 aromatic heterocycles. The number of aromatic nitrogens is 4. The van der Waals surface area contributed by atoms with Gasteiger partial charge in [0.2, 0.25) is 0 Å². The van der Waals surface area contributed by atoms with Gasteiger partial charge in [-0.05, 0) is 56.5 Å². The van der Waals surface area contributed by atoms with Gasteiger partial charge in [-0.2, -0.15) is 5.10 Å². The van der Waals surface area contributed by atoms with E-state index in [9.17, 15) is 0 Å². The minimum atomic E-state index is 0.135. The van der Waals surface area contributed by atoms with E-state index in [0.717, 1.165) is 42.0 Å². The molecule has 4 aromatic rings. The Labute approximate surface area is 182 Å². The van der Waals surface area contributed by atoms with E-state index in [1.165, 1.54) is 28.1 Å². The molecule has 1 N–H and O–H groups in total. The fraction of sp³-hybridized carbons (Fsp3) is 0.320. The Morgan fingerprint density at radius 1 is 1.03 bits per heavy atom. The lowest BCUT2D eigenvalue weighted by molar-refractivity contribution is 0.560. The average Bonchev–Trinajstić information content (AvgIpc) is 3.15. The van der Waals surface area contributed by atoms with E-state index in [1.54, 1.807) is 0 Å². The lowest BCUT2D eigenvalue weighted by Gasteiger charge is -2.31. The Morgan fingerprint density at radius 3 is 2.77 bits per heavy atom. The number of imidazole rings is 1. The number of anilines is 2. The number of nitrogens with zero attached hydrogens (tertiary/aromatic N) is 5. The van der Waals surface area contributed by atoms with Crippen molar-refractivity contribution in [1.82, 2.24) is 19.7 Å². The molecule has 2 aromatic carbocycles. The number of hydrogen-bond donors (Lipinski definition) is 1. The zero-order chi connectivity index (χ0) is 21.5. The highest BCUT2D eigenvalue weighted by molar-refractivity contribution is 5.93. The average molecular weight is 413 g/mol. The lowest BCUT2D eigenvalue weighted by Crippen LogP contribution is -2.33. The third-order valence-corrected chi connectivity index (χ3v) is 6.56. The molecule has 6 heteroatoms. The first-order chi connectivity index (χ1) is 15.0. The standard InChI is InChI=1S/C25H28N6/c1-16-6-5-7-23(17(16)2)18(3)28-25-24-12-21(9-8-20(24)13-27-29-25)30-10-11-31-19(4)26-14-22(31)15-30/h5-9,12-14,18H,10-11,15H2,1-4H3,(H,28,29)/t18-/m1/s1. The highest BCUT2D eigenvalue weighted by Crippen LogP contribution is 2.31. The first-order valence-electron chi connectivity index (χ1n) is 10.9. The molecule has 0 amide bonds. The van der Waals surface area contributed by atoms with Gasteiger partial charge in [0.25, 0.3) is 0 Å². The Kier molecular flexibility index (Phi) is 4.85. The van der Waals surface area contributed by atoms with Gasteiger partial charge in [-0.1, -0.05) is 24.3 Å². The van der Waals surface area contributed by atoms with E-state index in [4.69, 9.17) is 0 Å². The van der Waals surface area contributed by atoms with Gasteiger partial charge in [0.15, 0.2) is 5.82 Å². The van der Waals surface area contributed by atoms with Crippen molar-refractivity contribution in [3.63, 3.8) is 0 Å². The predicted octanol–water partition coefficient (Wildman–Crippen LogP) is 4.94. The van der Waals surface area contributed by atoms with Crippen molar-refractivity contribution in [3.8, 4) is 0 Å².